The zero-order valence-electron chi connectivity index (χ0n) is 19.4. The first-order valence-corrected chi connectivity index (χ1v) is 12.8. The number of nitrogens with one attached hydrogen (secondary N) is 1. The van der Waals surface area contributed by atoms with Gasteiger partial charge in [-0.05, 0) is 67.3 Å². The fraction of sp³-hybridized carbons (Fsp3) is 0.269. The Hall–Kier alpha value is -3.32. The normalized spacial score (nSPS) is 12.1. The second kappa shape index (κ2) is 10.5. The first-order valence-electron chi connectivity index (χ1n) is 11.0. The molecule has 0 aromatic heterocycles. The molecule has 3 rings (SSSR count). The highest BCUT2D eigenvalue weighted by Gasteiger charge is 2.29. The van der Waals surface area contributed by atoms with Gasteiger partial charge in [-0.15, -0.1) is 0 Å². The first kappa shape index (κ1) is 24.3. The number of ether oxygens (including phenoxy) is 1. The van der Waals surface area contributed by atoms with E-state index in [9.17, 15) is 13.2 Å². The lowest BCUT2D eigenvalue weighted by Gasteiger charge is -2.29. The van der Waals surface area contributed by atoms with Gasteiger partial charge in [0.2, 0.25) is 15.9 Å². The molecule has 0 bridgehead atoms. The summed E-state index contributed by atoms with van der Waals surface area (Å²) in [7, 11) is -3.73. The molecule has 0 saturated carbocycles. The van der Waals surface area contributed by atoms with Crippen LogP contribution in [0.1, 0.15) is 31.9 Å². The SMILES string of the molecule is CCc1cccc(CC)c1NC(=O)[C@H](C)N(c1ccc(Oc2ccccc2)cc1)S(C)(=O)=O. The predicted octanol–water partition coefficient (Wildman–Crippen LogP) is 5.40. The molecular formula is C26H30N2O4S. The van der Waals surface area contributed by atoms with Crippen LogP contribution < -0.4 is 14.4 Å². The van der Waals surface area contributed by atoms with Gasteiger partial charge >= 0.3 is 0 Å². The fourth-order valence-electron chi connectivity index (χ4n) is 3.73. The topological polar surface area (TPSA) is 75.7 Å². The van der Waals surface area contributed by atoms with Crippen LogP contribution in [0.25, 0.3) is 0 Å². The summed E-state index contributed by atoms with van der Waals surface area (Å²) in [6.07, 6.45) is 2.62. The molecule has 0 aliphatic carbocycles. The third-order valence-electron chi connectivity index (χ3n) is 5.41. The smallest absolute Gasteiger partial charge is 0.248 e. The maximum Gasteiger partial charge on any atom is 0.248 e. The summed E-state index contributed by atoms with van der Waals surface area (Å²) in [5, 5.41) is 2.98. The van der Waals surface area contributed by atoms with Crippen molar-refractivity contribution in [2.75, 3.05) is 15.9 Å². The van der Waals surface area contributed by atoms with Crippen molar-refractivity contribution in [3.63, 3.8) is 0 Å². The molecule has 0 aliphatic rings. The van der Waals surface area contributed by atoms with Gasteiger partial charge in [-0.2, -0.15) is 0 Å². The number of rotatable bonds is 9. The van der Waals surface area contributed by atoms with Crippen molar-refractivity contribution in [1.82, 2.24) is 0 Å². The minimum absolute atomic E-state index is 0.388. The predicted molar refractivity (Wildman–Crippen MR) is 134 cm³/mol. The number of benzene rings is 3. The van der Waals surface area contributed by atoms with E-state index in [0.717, 1.165) is 40.2 Å². The van der Waals surface area contributed by atoms with Gasteiger partial charge in [-0.25, -0.2) is 8.42 Å². The molecule has 3 aromatic rings. The standard InChI is InChI=1S/C26H30N2O4S/c1-5-20-11-10-12-21(6-2)25(20)27-26(29)19(3)28(33(4,30)31)22-15-17-24(18-16-22)32-23-13-8-7-9-14-23/h7-19H,5-6H2,1-4H3,(H,27,29)/t19-/m0/s1. The second-order valence-corrected chi connectivity index (χ2v) is 9.65. The van der Waals surface area contributed by atoms with E-state index in [0.29, 0.717) is 17.2 Å². The van der Waals surface area contributed by atoms with Gasteiger partial charge in [0, 0.05) is 5.69 Å². The molecule has 6 nitrogen and oxygen atoms in total. The molecule has 33 heavy (non-hydrogen) atoms. The lowest BCUT2D eigenvalue weighted by molar-refractivity contribution is -0.116. The van der Waals surface area contributed by atoms with Gasteiger partial charge in [-0.1, -0.05) is 50.2 Å². The van der Waals surface area contributed by atoms with E-state index >= 15 is 0 Å². The van der Waals surface area contributed by atoms with Crippen LogP contribution in [0.5, 0.6) is 11.5 Å². The van der Waals surface area contributed by atoms with E-state index < -0.39 is 16.1 Å². The van der Waals surface area contributed by atoms with Crippen LogP contribution in [0.4, 0.5) is 11.4 Å². The molecule has 174 valence electrons. The van der Waals surface area contributed by atoms with Gasteiger partial charge in [0.15, 0.2) is 0 Å². The average Bonchev–Trinajstić information content (AvgIpc) is 2.80. The maximum atomic E-state index is 13.2. The van der Waals surface area contributed by atoms with Crippen molar-refractivity contribution in [3.8, 4) is 11.5 Å². The number of aryl methyl sites for hydroxylation is 2. The number of anilines is 2. The number of amides is 1. The largest absolute Gasteiger partial charge is 0.457 e. The molecule has 1 atom stereocenters. The molecule has 0 saturated heterocycles. The van der Waals surface area contributed by atoms with Crippen LogP contribution in [-0.4, -0.2) is 26.6 Å². The Morgan fingerprint density at radius 1 is 0.879 bits per heavy atom. The number of sulfonamides is 1. The molecule has 7 heteroatoms. The van der Waals surface area contributed by atoms with Crippen LogP contribution in [0, 0.1) is 0 Å². The third kappa shape index (κ3) is 5.93. The molecule has 0 radical (unpaired) electrons. The van der Waals surface area contributed by atoms with Crippen molar-refractivity contribution in [1.29, 1.82) is 0 Å². The van der Waals surface area contributed by atoms with Crippen LogP contribution in [0.2, 0.25) is 0 Å². The molecule has 0 spiro atoms. The van der Waals surface area contributed by atoms with Crippen molar-refractivity contribution in [2.24, 2.45) is 0 Å². The maximum absolute atomic E-state index is 13.2. The van der Waals surface area contributed by atoms with E-state index in [-0.39, 0.29) is 5.91 Å². The molecule has 0 unspecified atom stereocenters. The Balaban J connectivity index is 1.85. The quantitative estimate of drug-likeness (QED) is 0.458. The van der Waals surface area contributed by atoms with Crippen LogP contribution >= 0.6 is 0 Å². The Labute approximate surface area is 196 Å². The second-order valence-electron chi connectivity index (χ2n) is 7.79. The highest BCUT2D eigenvalue weighted by molar-refractivity contribution is 7.92. The highest BCUT2D eigenvalue weighted by atomic mass is 32.2. The summed E-state index contributed by atoms with van der Waals surface area (Å²) in [6, 6.07) is 20.9. The molecular weight excluding hydrogens is 436 g/mol. The van der Waals surface area contributed by atoms with Crippen LogP contribution in [-0.2, 0) is 27.7 Å². The number of nitrogens with zero attached hydrogens (tertiary/aromatic N) is 1. The van der Waals surface area contributed by atoms with Gasteiger partial charge < -0.3 is 10.1 Å². The summed E-state index contributed by atoms with van der Waals surface area (Å²) in [4.78, 5) is 13.2. The van der Waals surface area contributed by atoms with E-state index in [1.165, 1.54) is 0 Å². The zero-order valence-corrected chi connectivity index (χ0v) is 20.2. The van der Waals surface area contributed by atoms with E-state index in [1.54, 1.807) is 31.2 Å². The third-order valence-corrected chi connectivity index (χ3v) is 6.65. The van der Waals surface area contributed by atoms with Gasteiger partial charge in [0.25, 0.3) is 0 Å². The van der Waals surface area contributed by atoms with Gasteiger partial charge in [0.05, 0.1) is 11.9 Å². The Kier molecular flexibility index (Phi) is 7.76. The Bertz CT molecular complexity index is 1170. The molecule has 0 aliphatic heterocycles. The van der Waals surface area contributed by atoms with Crippen LogP contribution in [0.3, 0.4) is 0 Å². The number of hydrogen-bond acceptors (Lipinski definition) is 4. The number of carbonyl (C=O) groups is 1. The van der Waals surface area contributed by atoms with Crippen molar-refractivity contribution in [2.45, 2.75) is 39.7 Å². The molecule has 3 aromatic carbocycles. The number of hydrogen-bond donors (Lipinski definition) is 1. The highest BCUT2D eigenvalue weighted by Crippen LogP contribution is 2.28. The van der Waals surface area contributed by atoms with Gasteiger partial charge in [-0.3, -0.25) is 9.10 Å². The minimum Gasteiger partial charge on any atom is -0.457 e. The van der Waals surface area contributed by atoms with Crippen molar-refractivity contribution in [3.05, 3.63) is 83.9 Å². The summed E-state index contributed by atoms with van der Waals surface area (Å²) in [5.74, 6) is 0.861. The fourth-order valence-corrected chi connectivity index (χ4v) is 4.90. The van der Waals surface area contributed by atoms with Gasteiger partial charge in [0.1, 0.15) is 17.5 Å². The lowest BCUT2D eigenvalue weighted by Crippen LogP contribution is -2.45. The van der Waals surface area contributed by atoms with Crippen molar-refractivity contribution < 1.29 is 17.9 Å². The van der Waals surface area contributed by atoms with E-state index in [1.807, 2.05) is 62.4 Å². The number of carbonyl (C=O) groups excluding carboxylic acids is 1. The summed E-state index contributed by atoms with van der Waals surface area (Å²) in [6.45, 7) is 5.64. The minimum atomic E-state index is -3.73. The molecule has 0 heterocycles. The monoisotopic (exact) mass is 466 g/mol. The zero-order chi connectivity index (χ0) is 24.0. The van der Waals surface area contributed by atoms with Crippen molar-refractivity contribution >= 4 is 27.3 Å². The summed E-state index contributed by atoms with van der Waals surface area (Å²) in [5.41, 5.74) is 3.19. The molecule has 0 fully saturated rings. The van der Waals surface area contributed by atoms with Crippen LogP contribution in [0.15, 0.2) is 72.8 Å². The number of para-hydroxylation sites is 2. The lowest BCUT2D eigenvalue weighted by atomic mass is 10.0. The average molecular weight is 467 g/mol. The summed E-state index contributed by atoms with van der Waals surface area (Å²) < 4.78 is 32.3. The Morgan fingerprint density at radius 3 is 1.94 bits per heavy atom. The van der Waals surface area contributed by atoms with E-state index in [2.05, 4.69) is 5.32 Å². The molecule has 1 N–H and O–H groups in total. The molecule has 1 amide bonds. The first-order chi connectivity index (χ1) is 15.7. The Morgan fingerprint density at radius 2 is 1.42 bits per heavy atom. The summed E-state index contributed by atoms with van der Waals surface area (Å²) >= 11 is 0. The van der Waals surface area contributed by atoms with E-state index in [4.69, 9.17) is 4.74 Å².